The van der Waals surface area contributed by atoms with Gasteiger partial charge in [-0.1, -0.05) is 6.07 Å². The molecule has 0 saturated carbocycles. The van der Waals surface area contributed by atoms with Crippen LogP contribution < -0.4 is 9.47 Å². The number of thioether (sulfide) groups is 1. The Morgan fingerprint density at radius 2 is 1.68 bits per heavy atom. The topological polar surface area (TPSA) is 28.2 Å². The molecule has 4 aliphatic heterocycles. The lowest BCUT2D eigenvalue weighted by molar-refractivity contribution is 0.0344. The minimum atomic E-state index is 0.357. The lowest BCUT2D eigenvalue weighted by Crippen LogP contribution is -2.56. The molecule has 3 saturated heterocycles. The van der Waals surface area contributed by atoms with Crippen LogP contribution in [0.5, 0.6) is 11.5 Å². The highest BCUT2D eigenvalue weighted by Gasteiger charge is 2.31. The van der Waals surface area contributed by atoms with E-state index < -0.39 is 0 Å². The second-order valence-corrected chi connectivity index (χ2v) is 9.86. The number of piperazine rings is 1. The number of benzene rings is 1. The van der Waals surface area contributed by atoms with E-state index in [-0.39, 0.29) is 0 Å². The fourth-order valence-corrected chi connectivity index (χ4v) is 6.33. The van der Waals surface area contributed by atoms with E-state index in [9.17, 15) is 0 Å². The van der Waals surface area contributed by atoms with Crippen molar-refractivity contribution in [3.05, 3.63) is 23.8 Å². The molecule has 0 bridgehead atoms. The molecule has 28 heavy (non-hydrogen) atoms. The van der Waals surface area contributed by atoms with Gasteiger partial charge in [0.1, 0.15) is 0 Å². The van der Waals surface area contributed by atoms with Crippen molar-refractivity contribution in [2.24, 2.45) is 0 Å². The molecular formula is C22H33N3O2S. The highest BCUT2D eigenvalue weighted by molar-refractivity contribution is 7.99. The molecule has 0 radical (unpaired) electrons. The Morgan fingerprint density at radius 3 is 2.54 bits per heavy atom. The van der Waals surface area contributed by atoms with Crippen molar-refractivity contribution >= 4 is 11.8 Å². The smallest absolute Gasteiger partial charge is 0.231 e. The van der Waals surface area contributed by atoms with Crippen LogP contribution in [0, 0.1) is 0 Å². The number of hydrogen-bond donors (Lipinski definition) is 0. The van der Waals surface area contributed by atoms with Crippen LogP contribution in [-0.2, 0) is 6.54 Å². The van der Waals surface area contributed by atoms with Crippen LogP contribution in [0.25, 0.3) is 0 Å². The predicted octanol–water partition coefficient (Wildman–Crippen LogP) is 2.89. The average molecular weight is 404 g/mol. The summed E-state index contributed by atoms with van der Waals surface area (Å²) in [4.78, 5) is 8.19. The van der Waals surface area contributed by atoms with Gasteiger partial charge < -0.3 is 9.47 Å². The van der Waals surface area contributed by atoms with Crippen LogP contribution in [0.4, 0.5) is 0 Å². The van der Waals surface area contributed by atoms with E-state index >= 15 is 0 Å². The van der Waals surface area contributed by atoms with E-state index in [4.69, 9.17) is 9.47 Å². The maximum atomic E-state index is 5.53. The number of piperidine rings is 1. The molecule has 6 heteroatoms. The van der Waals surface area contributed by atoms with Crippen LogP contribution in [0.15, 0.2) is 18.2 Å². The lowest BCUT2D eigenvalue weighted by Gasteiger charge is -2.46. The van der Waals surface area contributed by atoms with Crippen molar-refractivity contribution in [3.8, 4) is 11.5 Å². The SMILES string of the molecule is c1cc2c(cc1CN1CCN([C@H]3CCCN(C4CCSCC4)C3)CC1)OCO2. The standard InChI is InChI=1S/C22H33N3O2S/c1-2-20(16-25(7-1)19-5-12-28-13-6-19)24-10-8-23(9-11-24)15-18-3-4-21-22(14-18)27-17-26-21/h3-4,14,19-20H,1-2,5-13,15-17H2/t20-/m0/s1. The quantitative estimate of drug-likeness (QED) is 0.768. The van der Waals surface area contributed by atoms with Crippen LogP contribution in [0.2, 0.25) is 0 Å². The summed E-state index contributed by atoms with van der Waals surface area (Å²) in [5.41, 5.74) is 1.33. The van der Waals surface area contributed by atoms with Crippen molar-refractivity contribution in [1.29, 1.82) is 0 Å². The zero-order chi connectivity index (χ0) is 18.8. The Hall–Kier alpha value is -0.950. The molecule has 0 unspecified atom stereocenters. The Balaban J connectivity index is 1.11. The number of fused-ring (bicyclic) bond motifs is 1. The molecule has 4 aliphatic rings. The molecule has 0 aromatic heterocycles. The van der Waals surface area contributed by atoms with Crippen LogP contribution in [0.1, 0.15) is 31.2 Å². The number of hydrogen-bond acceptors (Lipinski definition) is 6. The number of rotatable bonds is 4. The third-order valence-corrected chi connectivity index (χ3v) is 7.95. The Bertz CT molecular complexity index is 659. The highest BCUT2D eigenvalue weighted by Crippen LogP contribution is 2.33. The molecule has 154 valence electrons. The van der Waals surface area contributed by atoms with Crippen molar-refractivity contribution in [2.75, 3.05) is 57.6 Å². The molecular weight excluding hydrogens is 370 g/mol. The first-order valence-corrected chi connectivity index (χ1v) is 12.2. The summed E-state index contributed by atoms with van der Waals surface area (Å²) >= 11 is 2.14. The van der Waals surface area contributed by atoms with Gasteiger partial charge in [0.15, 0.2) is 11.5 Å². The molecule has 5 rings (SSSR count). The van der Waals surface area contributed by atoms with E-state index in [0.29, 0.717) is 6.79 Å². The minimum Gasteiger partial charge on any atom is -0.454 e. The molecule has 0 N–H and O–H groups in total. The van der Waals surface area contributed by atoms with E-state index in [1.165, 1.54) is 82.0 Å². The molecule has 0 aliphatic carbocycles. The van der Waals surface area contributed by atoms with Gasteiger partial charge in [0, 0.05) is 51.4 Å². The van der Waals surface area contributed by atoms with Gasteiger partial charge in [-0.05, 0) is 61.4 Å². The van der Waals surface area contributed by atoms with Crippen molar-refractivity contribution in [3.63, 3.8) is 0 Å². The van der Waals surface area contributed by atoms with Gasteiger partial charge in [0.05, 0.1) is 0 Å². The number of likely N-dealkylation sites (tertiary alicyclic amines) is 1. The molecule has 0 spiro atoms. The van der Waals surface area contributed by atoms with Gasteiger partial charge >= 0.3 is 0 Å². The third-order valence-electron chi connectivity index (χ3n) is 6.90. The van der Waals surface area contributed by atoms with Crippen molar-refractivity contribution < 1.29 is 9.47 Å². The Kier molecular flexibility index (Phi) is 6.00. The van der Waals surface area contributed by atoms with E-state index in [1.807, 2.05) is 6.07 Å². The monoisotopic (exact) mass is 403 g/mol. The van der Waals surface area contributed by atoms with Crippen LogP contribution >= 0.6 is 11.8 Å². The zero-order valence-electron chi connectivity index (χ0n) is 16.9. The predicted molar refractivity (Wildman–Crippen MR) is 114 cm³/mol. The summed E-state index contributed by atoms with van der Waals surface area (Å²) in [6.45, 7) is 8.77. The first-order chi connectivity index (χ1) is 13.8. The summed E-state index contributed by atoms with van der Waals surface area (Å²) in [6.07, 6.45) is 5.58. The summed E-state index contributed by atoms with van der Waals surface area (Å²) in [6, 6.07) is 8.01. The molecule has 1 aromatic carbocycles. The molecule has 4 heterocycles. The lowest BCUT2D eigenvalue weighted by atomic mass is 9.99. The van der Waals surface area contributed by atoms with E-state index in [2.05, 4.69) is 38.6 Å². The van der Waals surface area contributed by atoms with Crippen molar-refractivity contribution in [1.82, 2.24) is 14.7 Å². The molecule has 3 fully saturated rings. The first kappa shape index (κ1) is 19.0. The fraction of sp³-hybridized carbons (Fsp3) is 0.727. The molecule has 0 amide bonds. The average Bonchev–Trinajstić information content (AvgIpc) is 3.23. The highest BCUT2D eigenvalue weighted by atomic mass is 32.2. The summed E-state index contributed by atoms with van der Waals surface area (Å²) < 4.78 is 11.0. The zero-order valence-corrected chi connectivity index (χ0v) is 17.7. The summed E-state index contributed by atoms with van der Waals surface area (Å²) in [7, 11) is 0. The Labute approximate surface area is 173 Å². The van der Waals surface area contributed by atoms with Gasteiger partial charge in [-0.15, -0.1) is 0 Å². The summed E-state index contributed by atoms with van der Waals surface area (Å²) in [5.74, 6) is 4.51. The maximum Gasteiger partial charge on any atom is 0.231 e. The van der Waals surface area contributed by atoms with Crippen LogP contribution in [-0.4, -0.2) is 84.4 Å². The van der Waals surface area contributed by atoms with Crippen molar-refractivity contribution in [2.45, 2.75) is 44.3 Å². The summed E-state index contributed by atoms with van der Waals surface area (Å²) in [5, 5.41) is 0. The normalized spacial score (nSPS) is 27.9. The van der Waals surface area contributed by atoms with E-state index in [1.54, 1.807) is 0 Å². The molecule has 5 nitrogen and oxygen atoms in total. The third kappa shape index (κ3) is 4.30. The van der Waals surface area contributed by atoms with Gasteiger partial charge in [-0.3, -0.25) is 14.7 Å². The number of ether oxygens (including phenoxy) is 2. The minimum absolute atomic E-state index is 0.357. The fourth-order valence-electron chi connectivity index (χ4n) is 5.25. The second kappa shape index (κ2) is 8.82. The Morgan fingerprint density at radius 1 is 0.857 bits per heavy atom. The van der Waals surface area contributed by atoms with Crippen LogP contribution in [0.3, 0.4) is 0 Å². The number of nitrogens with zero attached hydrogens (tertiary/aromatic N) is 3. The van der Waals surface area contributed by atoms with E-state index in [0.717, 1.165) is 30.1 Å². The second-order valence-electron chi connectivity index (χ2n) is 8.63. The largest absolute Gasteiger partial charge is 0.454 e. The maximum absolute atomic E-state index is 5.53. The van der Waals surface area contributed by atoms with Gasteiger partial charge in [0.25, 0.3) is 0 Å². The first-order valence-electron chi connectivity index (χ1n) is 11.0. The van der Waals surface area contributed by atoms with Gasteiger partial charge in [0.2, 0.25) is 6.79 Å². The van der Waals surface area contributed by atoms with Gasteiger partial charge in [-0.2, -0.15) is 11.8 Å². The molecule has 1 aromatic rings. The van der Waals surface area contributed by atoms with Gasteiger partial charge in [-0.25, -0.2) is 0 Å². The molecule has 1 atom stereocenters.